The van der Waals surface area contributed by atoms with Crippen LogP contribution in [0.2, 0.25) is 0 Å². The molecule has 13 nitrogen and oxygen atoms in total. The number of halogens is 2. The summed E-state index contributed by atoms with van der Waals surface area (Å²) < 4.78 is 11.4. The van der Waals surface area contributed by atoms with Gasteiger partial charge in [0.2, 0.25) is 11.6 Å². The summed E-state index contributed by atoms with van der Waals surface area (Å²) in [5.74, 6) is -2.06. The van der Waals surface area contributed by atoms with Crippen LogP contribution in [0.15, 0.2) is 43.4 Å². The van der Waals surface area contributed by atoms with Gasteiger partial charge in [0.1, 0.15) is 0 Å². The van der Waals surface area contributed by atoms with Gasteiger partial charge in [-0.3, -0.25) is 25.0 Å². The fourth-order valence-electron chi connectivity index (χ4n) is 2.67. The zero-order valence-corrected chi connectivity index (χ0v) is 19.0. The maximum atomic E-state index is 12.1. The largest absolute Gasteiger partial charge is 0.493 e. The van der Waals surface area contributed by atoms with E-state index in [1.807, 2.05) is 0 Å². The molecule has 3 rings (SSSR count). The molecule has 0 aliphatic rings. The zero-order chi connectivity index (χ0) is 23.6. The second-order valence-corrected chi connectivity index (χ2v) is 7.80. The lowest BCUT2D eigenvalue weighted by Crippen LogP contribution is -2.10. The molecule has 3 aromatic rings. The molecule has 2 aromatic carbocycles. The molecule has 1 aromatic heterocycles. The van der Waals surface area contributed by atoms with Crippen LogP contribution < -0.4 is 9.47 Å². The minimum atomic E-state index is -0.942. The topological polar surface area (TPSA) is 183 Å². The van der Waals surface area contributed by atoms with E-state index in [9.17, 15) is 30.1 Å². The number of azo groups is 1. The number of nitrogens with one attached hydrogen (secondary N) is 1. The van der Waals surface area contributed by atoms with Crippen LogP contribution in [-0.2, 0) is 4.79 Å². The normalized spacial score (nSPS) is 11.1. The number of hydrogen-bond donors (Lipinski definition) is 2. The third kappa shape index (κ3) is 4.67. The first kappa shape index (κ1) is 23.1. The van der Waals surface area contributed by atoms with Crippen molar-refractivity contribution in [3.05, 3.63) is 53.4 Å². The van der Waals surface area contributed by atoms with Crippen molar-refractivity contribution in [2.75, 3.05) is 13.7 Å². The van der Waals surface area contributed by atoms with E-state index in [1.165, 1.54) is 0 Å². The smallest absolute Gasteiger partial charge is 0.321 e. The van der Waals surface area contributed by atoms with Crippen molar-refractivity contribution in [2.24, 2.45) is 10.2 Å². The van der Waals surface area contributed by atoms with E-state index < -0.39 is 39.5 Å². The highest BCUT2D eigenvalue weighted by molar-refractivity contribution is 9.11. The number of fused-ring (bicyclic) bond motifs is 1. The Morgan fingerprint density at radius 3 is 2.53 bits per heavy atom. The van der Waals surface area contributed by atoms with Crippen molar-refractivity contribution < 1.29 is 29.2 Å². The predicted octanol–water partition coefficient (Wildman–Crippen LogP) is 4.91. The molecule has 0 aliphatic heterocycles. The van der Waals surface area contributed by atoms with Crippen LogP contribution in [0.4, 0.5) is 17.1 Å². The van der Waals surface area contributed by atoms with E-state index in [1.54, 1.807) is 12.1 Å². The van der Waals surface area contributed by atoms with Gasteiger partial charge in [-0.15, -0.1) is 10.2 Å². The number of carbonyl (C=O) groups is 1. The van der Waals surface area contributed by atoms with Gasteiger partial charge in [-0.2, -0.15) is 0 Å². The first-order chi connectivity index (χ1) is 15.1. The molecule has 0 radical (unpaired) electrons. The molecule has 166 valence electrons. The SMILES string of the molecule is COc1cc([N+](=O)[O-])cc([N+](=O)[O-])c1OCC(=O)N=Nc1c(O)[nH]c2c(Br)cc(Br)cc12. The van der Waals surface area contributed by atoms with Crippen LogP contribution in [0.25, 0.3) is 10.9 Å². The summed E-state index contributed by atoms with van der Waals surface area (Å²) in [6.07, 6.45) is 0. The lowest BCUT2D eigenvalue weighted by atomic mass is 10.2. The molecule has 1 amide bonds. The number of aromatic amines is 1. The minimum Gasteiger partial charge on any atom is -0.493 e. The molecule has 0 saturated heterocycles. The Hall–Kier alpha value is -3.59. The lowest BCUT2D eigenvalue weighted by Gasteiger charge is -2.09. The van der Waals surface area contributed by atoms with Gasteiger partial charge in [-0.05, 0) is 28.1 Å². The average molecular weight is 573 g/mol. The second kappa shape index (κ2) is 9.27. The van der Waals surface area contributed by atoms with Gasteiger partial charge in [0.05, 0.1) is 34.6 Å². The third-order valence-corrected chi connectivity index (χ3v) is 5.11. The number of rotatable bonds is 7. The molecule has 0 unspecified atom stereocenters. The van der Waals surface area contributed by atoms with Crippen molar-refractivity contribution in [2.45, 2.75) is 0 Å². The molecule has 1 heterocycles. The number of benzene rings is 2. The molecule has 0 saturated carbocycles. The maximum Gasteiger partial charge on any atom is 0.321 e. The number of aromatic hydroxyl groups is 1. The molecule has 32 heavy (non-hydrogen) atoms. The van der Waals surface area contributed by atoms with Crippen LogP contribution in [0.3, 0.4) is 0 Å². The van der Waals surface area contributed by atoms with Gasteiger partial charge in [0.15, 0.2) is 18.0 Å². The van der Waals surface area contributed by atoms with E-state index >= 15 is 0 Å². The molecule has 0 fully saturated rings. The van der Waals surface area contributed by atoms with E-state index in [-0.39, 0.29) is 17.3 Å². The van der Waals surface area contributed by atoms with E-state index in [2.05, 4.69) is 47.1 Å². The van der Waals surface area contributed by atoms with Crippen LogP contribution in [0, 0.1) is 20.2 Å². The number of carbonyl (C=O) groups excluding carboxylic acids is 1. The number of nitro benzene ring substituents is 2. The summed E-state index contributed by atoms with van der Waals surface area (Å²) in [4.78, 5) is 35.3. The first-order valence-corrected chi connectivity index (χ1v) is 9.98. The van der Waals surface area contributed by atoms with Crippen LogP contribution in [-0.4, -0.2) is 39.6 Å². The molecule has 0 bridgehead atoms. The Labute approximate surface area is 194 Å². The lowest BCUT2D eigenvalue weighted by molar-refractivity contribution is -0.394. The number of H-pyrrole nitrogens is 1. The number of nitro groups is 2. The molecule has 2 N–H and O–H groups in total. The molecule has 0 aliphatic carbocycles. The molecule has 0 atom stereocenters. The number of amides is 1. The standard InChI is InChI=1S/C17H11Br2N5O8/c1-31-12-5-8(23(27)28)4-11(24(29)30)16(12)32-6-13(25)21-22-15-9-2-7(18)3-10(19)14(9)20-17(15)26/h2-5,20,26H,6H2,1H3. The number of nitrogens with zero attached hydrogens (tertiary/aromatic N) is 4. The minimum absolute atomic E-state index is 0.00533. The fourth-order valence-corrected chi connectivity index (χ4v) is 4.00. The fraction of sp³-hybridized carbons (Fsp3) is 0.118. The maximum absolute atomic E-state index is 12.1. The molecular formula is C17H11Br2N5O8. The molecular weight excluding hydrogens is 562 g/mol. The quantitative estimate of drug-likeness (QED) is 0.227. The number of non-ortho nitro benzene ring substituents is 1. The van der Waals surface area contributed by atoms with Gasteiger partial charge in [-0.1, -0.05) is 15.9 Å². The zero-order valence-electron chi connectivity index (χ0n) is 15.9. The van der Waals surface area contributed by atoms with Crippen LogP contribution in [0.1, 0.15) is 0 Å². The second-order valence-electron chi connectivity index (χ2n) is 6.03. The van der Waals surface area contributed by atoms with E-state index in [4.69, 9.17) is 9.47 Å². The number of aromatic nitrogens is 1. The van der Waals surface area contributed by atoms with Gasteiger partial charge in [-0.25, -0.2) is 0 Å². The number of ether oxygens (including phenoxy) is 2. The van der Waals surface area contributed by atoms with Crippen molar-refractivity contribution in [1.29, 1.82) is 0 Å². The Kier molecular flexibility index (Phi) is 6.69. The third-order valence-electron chi connectivity index (χ3n) is 4.03. The molecule has 0 spiro atoms. The summed E-state index contributed by atoms with van der Waals surface area (Å²) in [6.45, 7) is -0.783. The Balaban J connectivity index is 1.85. The van der Waals surface area contributed by atoms with Crippen LogP contribution in [0.5, 0.6) is 17.4 Å². The predicted molar refractivity (Wildman–Crippen MR) is 117 cm³/mol. The van der Waals surface area contributed by atoms with Gasteiger partial charge in [0.25, 0.3) is 5.69 Å². The number of hydrogen-bond acceptors (Lipinski definition) is 9. The summed E-state index contributed by atoms with van der Waals surface area (Å²) in [7, 11) is 1.13. The monoisotopic (exact) mass is 571 g/mol. The Bertz CT molecular complexity index is 1290. The van der Waals surface area contributed by atoms with Crippen molar-refractivity contribution >= 4 is 65.7 Å². The first-order valence-electron chi connectivity index (χ1n) is 8.40. The van der Waals surface area contributed by atoms with Gasteiger partial charge in [0, 0.05) is 14.3 Å². The van der Waals surface area contributed by atoms with E-state index in [0.29, 0.717) is 25.9 Å². The van der Waals surface area contributed by atoms with Crippen molar-refractivity contribution in [3.8, 4) is 17.4 Å². The summed E-state index contributed by atoms with van der Waals surface area (Å²) in [5.41, 5.74) is -0.826. The highest BCUT2D eigenvalue weighted by Gasteiger charge is 2.27. The highest BCUT2D eigenvalue weighted by atomic mass is 79.9. The van der Waals surface area contributed by atoms with Gasteiger partial charge >= 0.3 is 11.6 Å². The Morgan fingerprint density at radius 2 is 1.91 bits per heavy atom. The summed E-state index contributed by atoms with van der Waals surface area (Å²) in [5, 5.41) is 40.0. The van der Waals surface area contributed by atoms with Crippen molar-refractivity contribution in [3.63, 3.8) is 0 Å². The van der Waals surface area contributed by atoms with Crippen LogP contribution >= 0.6 is 31.9 Å². The summed E-state index contributed by atoms with van der Waals surface area (Å²) >= 11 is 6.64. The highest BCUT2D eigenvalue weighted by Crippen LogP contribution is 2.41. The Morgan fingerprint density at radius 1 is 1.19 bits per heavy atom. The van der Waals surface area contributed by atoms with E-state index in [0.717, 1.165) is 13.2 Å². The van der Waals surface area contributed by atoms with Crippen molar-refractivity contribution in [1.82, 2.24) is 4.98 Å². The molecule has 15 heteroatoms. The number of methoxy groups -OCH3 is 1. The van der Waals surface area contributed by atoms with Gasteiger partial charge < -0.3 is 19.6 Å². The average Bonchev–Trinajstić information content (AvgIpc) is 3.05. The summed E-state index contributed by atoms with van der Waals surface area (Å²) in [6, 6.07) is 5.00.